The van der Waals surface area contributed by atoms with E-state index in [4.69, 9.17) is 4.74 Å². The number of carbonyl (C=O) groups is 1. The minimum Gasteiger partial charge on any atom is -0.483 e. The molecule has 0 aromatic heterocycles. The molecule has 1 aliphatic rings. The van der Waals surface area contributed by atoms with Crippen LogP contribution in [0.1, 0.15) is 30.9 Å². The molecule has 1 saturated heterocycles. The number of piperidine rings is 1. The molecule has 4 nitrogen and oxygen atoms in total. The zero-order valence-electron chi connectivity index (χ0n) is 15.9. The highest BCUT2D eigenvalue weighted by Crippen LogP contribution is 2.26. The van der Waals surface area contributed by atoms with Gasteiger partial charge in [0.2, 0.25) is 0 Å². The summed E-state index contributed by atoms with van der Waals surface area (Å²) in [4.78, 5) is 12.2. The summed E-state index contributed by atoms with van der Waals surface area (Å²) in [5.41, 5.74) is 2.51. The molecule has 27 heavy (non-hydrogen) atoms. The van der Waals surface area contributed by atoms with Gasteiger partial charge in [-0.15, -0.1) is 12.4 Å². The number of halogens is 1. The molecular weight excluding hydrogens is 360 g/mol. The lowest BCUT2D eigenvalue weighted by Crippen LogP contribution is -2.43. The minimum atomic E-state index is -0.0562. The predicted molar refractivity (Wildman–Crippen MR) is 112 cm³/mol. The quantitative estimate of drug-likeness (QED) is 0.762. The van der Waals surface area contributed by atoms with Crippen molar-refractivity contribution in [2.24, 2.45) is 5.41 Å². The molecule has 146 valence electrons. The molecule has 0 saturated carbocycles. The van der Waals surface area contributed by atoms with Crippen LogP contribution in [-0.4, -0.2) is 32.1 Å². The Labute approximate surface area is 168 Å². The van der Waals surface area contributed by atoms with Crippen LogP contribution in [-0.2, 0) is 11.2 Å². The van der Waals surface area contributed by atoms with Gasteiger partial charge >= 0.3 is 0 Å². The highest BCUT2D eigenvalue weighted by molar-refractivity contribution is 5.85. The molecule has 3 rings (SSSR count). The van der Waals surface area contributed by atoms with Crippen molar-refractivity contribution >= 4 is 18.3 Å². The first kappa shape index (κ1) is 21.3. The molecule has 0 bridgehead atoms. The number of benzene rings is 2. The van der Waals surface area contributed by atoms with Gasteiger partial charge in [-0.1, -0.05) is 55.5 Å². The molecule has 1 amide bonds. The molecule has 1 heterocycles. The van der Waals surface area contributed by atoms with Gasteiger partial charge in [0.1, 0.15) is 5.75 Å². The molecule has 0 atom stereocenters. The summed E-state index contributed by atoms with van der Waals surface area (Å²) in [5, 5.41) is 6.40. The third-order valence-corrected chi connectivity index (χ3v) is 5.09. The van der Waals surface area contributed by atoms with Crippen molar-refractivity contribution in [2.75, 3.05) is 26.2 Å². The first-order valence-electron chi connectivity index (χ1n) is 9.37. The van der Waals surface area contributed by atoms with E-state index in [1.807, 2.05) is 36.4 Å². The second-order valence-electron chi connectivity index (χ2n) is 7.40. The molecule has 2 aromatic carbocycles. The van der Waals surface area contributed by atoms with Gasteiger partial charge in [-0.3, -0.25) is 4.79 Å². The summed E-state index contributed by atoms with van der Waals surface area (Å²) in [5.74, 6) is 0.721. The Kier molecular flexibility index (Phi) is 8.14. The summed E-state index contributed by atoms with van der Waals surface area (Å²) in [7, 11) is 0. The zero-order valence-corrected chi connectivity index (χ0v) is 16.7. The van der Waals surface area contributed by atoms with Crippen LogP contribution in [0.2, 0.25) is 0 Å². The first-order chi connectivity index (χ1) is 12.6. The number of carbonyl (C=O) groups excluding carboxylic acids is 1. The topological polar surface area (TPSA) is 50.4 Å². The fourth-order valence-corrected chi connectivity index (χ4v) is 3.32. The minimum absolute atomic E-state index is 0. The molecule has 5 heteroatoms. The third kappa shape index (κ3) is 6.56. The Morgan fingerprint density at radius 2 is 1.74 bits per heavy atom. The fourth-order valence-electron chi connectivity index (χ4n) is 3.32. The van der Waals surface area contributed by atoms with E-state index in [0.717, 1.165) is 43.7 Å². The number of rotatable bonds is 7. The largest absolute Gasteiger partial charge is 0.483 e. The van der Waals surface area contributed by atoms with Gasteiger partial charge in [-0.05, 0) is 48.5 Å². The van der Waals surface area contributed by atoms with Crippen LogP contribution in [0.3, 0.4) is 0 Å². The SMILES string of the molecule is CC1(CNC(=O)COc2ccccc2Cc2ccccc2)CCNCC1.Cl. The van der Waals surface area contributed by atoms with Crippen molar-refractivity contribution < 1.29 is 9.53 Å². The molecule has 1 fully saturated rings. The summed E-state index contributed by atoms with van der Waals surface area (Å²) in [6.07, 6.45) is 2.98. The maximum absolute atomic E-state index is 12.2. The lowest BCUT2D eigenvalue weighted by molar-refractivity contribution is -0.123. The molecule has 2 N–H and O–H groups in total. The van der Waals surface area contributed by atoms with Gasteiger partial charge in [0.25, 0.3) is 5.91 Å². The van der Waals surface area contributed by atoms with E-state index < -0.39 is 0 Å². The highest BCUT2D eigenvalue weighted by atomic mass is 35.5. The number of hydrogen-bond acceptors (Lipinski definition) is 3. The third-order valence-electron chi connectivity index (χ3n) is 5.09. The molecule has 0 unspecified atom stereocenters. The van der Waals surface area contributed by atoms with Gasteiger partial charge in [0.15, 0.2) is 6.61 Å². The summed E-state index contributed by atoms with van der Waals surface area (Å²) >= 11 is 0. The van der Waals surface area contributed by atoms with Crippen LogP contribution < -0.4 is 15.4 Å². The molecule has 0 spiro atoms. The van der Waals surface area contributed by atoms with Crippen LogP contribution in [0.4, 0.5) is 0 Å². The van der Waals surface area contributed by atoms with E-state index >= 15 is 0 Å². The number of para-hydroxylation sites is 1. The smallest absolute Gasteiger partial charge is 0.257 e. The van der Waals surface area contributed by atoms with Gasteiger partial charge < -0.3 is 15.4 Å². The van der Waals surface area contributed by atoms with Crippen molar-refractivity contribution in [3.63, 3.8) is 0 Å². The number of hydrogen-bond donors (Lipinski definition) is 2. The monoisotopic (exact) mass is 388 g/mol. The molecular formula is C22H29ClN2O2. The zero-order chi connectivity index (χ0) is 18.2. The molecule has 1 aliphatic heterocycles. The summed E-state index contributed by atoms with van der Waals surface area (Å²) < 4.78 is 5.82. The van der Waals surface area contributed by atoms with Gasteiger partial charge in [0.05, 0.1) is 0 Å². The number of nitrogens with one attached hydrogen (secondary N) is 2. The van der Waals surface area contributed by atoms with Crippen LogP contribution in [0.15, 0.2) is 54.6 Å². The average Bonchev–Trinajstić information content (AvgIpc) is 2.67. The number of amides is 1. The average molecular weight is 389 g/mol. The van der Waals surface area contributed by atoms with Gasteiger partial charge in [-0.25, -0.2) is 0 Å². The van der Waals surface area contributed by atoms with Gasteiger partial charge in [0, 0.05) is 13.0 Å². The van der Waals surface area contributed by atoms with Gasteiger partial charge in [-0.2, -0.15) is 0 Å². The van der Waals surface area contributed by atoms with E-state index in [9.17, 15) is 4.79 Å². The lowest BCUT2D eigenvalue weighted by Gasteiger charge is -2.34. The first-order valence-corrected chi connectivity index (χ1v) is 9.37. The second kappa shape index (κ2) is 10.3. The second-order valence-corrected chi connectivity index (χ2v) is 7.40. The van der Waals surface area contributed by atoms with Crippen molar-refractivity contribution in [1.29, 1.82) is 0 Å². The van der Waals surface area contributed by atoms with Crippen LogP contribution in [0, 0.1) is 5.41 Å². The predicted octanol–water partition coefficient (Wildman–Crippen LogP) is 3.58. The maximum Gasteiger partial charge on any atom is 0.257 e. The Balaban J connectivity index is 0.00000261. The number of ether oxygens (including phenoxy) is 1. The van der Waals surface area contributed by atoms with Crippen molar-refractivity contribution in [1.82, 2.24) is 10.6 Å². The van der Waals surface area contributed by atoms with E-state index in [2.05, 4.69) is 35.8 Å². The summed E-state index contributed by atoms with van der Waals surface area (Å²) in [6, 6.07) is 18.2. The highest BCUT2D eigenvalue weighted by Gasteiger charge is 2.27. The lowest BCUT2D eigenvalue weighted by atomic mass is 9.81. The van der Waals surface area contributed by atoms with Crippen LogP contribution >= 0.6 is 12.4 Å². The normalized spacial score (nSPS) is 15.4. The van der Waals surface area contributed by atoms with Crippen LogP contribution in [0.5, 0.6) is 5.75 Å². The molecule has 2 aromatic rings. The Morgan fingerprint density at radius 1 is 1.07 bits per heavy atom. The standard InChI is InChI=1S/C22H28N2O2.ClH/c1-22(11-13-23-14-12-22)17-24-21(25)16-26-20-10-6-5-9-19(20)15-18-7-3-2-4-8-18;/h2-10,23H,11-17H2,1H3,(H,24,25);1H. The Hall–Kier alpha value is -2.04. The Morgan fingerprint density at radius 3 is 2.48 bits per heavy atom. The molecule has 0 radical (unpaired) electrons. The van der Waals surface area contributed by atoms with E-state index in [0.29, 0.717) is 6.54 Å². The van der Waals surface area contributed by atoms with E-state index in [1.54, 1.807) is 0 Å². The van der Waals surface area contributed by atoms with Crippen molar-refractivity contribution in [3.05, 3.63) is 65.7 Å². The Bertz CT molecular complexity index is 715. The molecule has 0 aliphatic carbocycles. The van der Waals surface area contributed by atoms with Crippen LogP contribution in [0.25, 0.3) is 0 Å². The van der Waals surface area contributed by atoms with E-state index in [1.165, 1.54) is 5.56 Å². The fraction of sp³-hybridized carbons (Fsp3) is 0.409. The van der Waals surface area contributed by atoms with Crippen molar-refractivity contribution in [2.45, 2.75) is 26.2 Å². The summed E-state index contributed by atoms with van der Waals surface area (Å²) in [6.45, 7) is 5.05. The maximum atomic E-state index is 12.2. The van der Waals surface area contributed by atoms with E-state index in [-0.39, 0.29) is 30.3 Å². The van der Waals surface area contributed by atoms with Crippen molar-refractivity contribution in [3.8, 4) is 5.75 Å².